The molecule has 0 saturated heterocycles. The lowest BCUT2D eigenvalue weighted by Gasteiger charge is -2.10. The number of ether oxygens (including phenoxy) is 2. The Morgan fingerprint density at radius 3 is 2.43 bits per heavy atom. The van der Waals surface area contributed by atoms with Crippen LogP contribution in [0.1, 0.15) is 34.2 Å². The van der Waals surface area contributed by atoms with Crippen molar-refractivity contribution < 1.29 is 23.9 Å². The highest BCUT2D eigenvalue weighted by atomic mass is 35.5. The number of rotatable bonds is 8. The van der Waals surface area contributed by atoms with Gasteiger partial charge >= 0.3 is 11.9 Å². The number of hydrogen-bond donors (Lipinski definition) is 1. The van der Waals surface area contributed by atoms with Crippen LogP contribution in [0.3, 0.4) is 0 Å². The molecule has 0 fully saturated rings. The van der Waals surface area contributed by atoms with Crippen LogP contribution >= 0.6 is 11.6 Å². The van der Waals surface area contributed by atoms with Crippen LogP contribution in [-0.2, 0) is 32.2 Å². The predicted molar refractivity (Wildman–Crippen MR) is 104 cm³/mol. The number of carbonyl (C=O) groups excluding carboxylic acids is 3. The first-order valence-electron chi connectivity index (χ1n) is 8.82. The van der Waals surface area contributed by atoms with E-state index in [0.29, 0.717) is 22.8 Å². The summed E-state index contributed by atoms with van der Waals surface area (Å²) in [6.45, 7) is 5.35. The summed E-state index contributed by atoms with van der Waals surface area (Å²) in [4.78, 5) is 35.9. The largest absolute Gasteiger partial charge is 0.462 e. The topological polar surface area (TPSA) is 86.6 Å². The summed E-state index contributed by atoms with van der Waals surface area (Å²) < 4.78 is 11.7. The Morgan fingerprint density at radius 2 is 1.79 bits per heavy atom. The third-order valence-electron chi connectivity index (χ3n) is 4.12. The third kappa shape index (κ3) is 5.85. The SMILES string of the molecule is CCOC(=O)c1cc(C)n(CC(=O)OCC(=O)NCc2ccc(Cl)cc2)c1C. The second kappa shape index (κ2) is 9.94. The van der Waals surface area contributed by atoms with Gasteiger partial charge in [-0.2, -0.15) is 0 Å². The van der Waals surface area contributed by atoms with Crippen LogP contribution in [0.25, 0.3) is 0 Å². The molecular weight excluding hydrogens is 384 g/mol. The van der Waals surface area contributed by atoms with E-state index in [9.17, 15) is 14.4 Å². The van der Waals surface area contributed by atoms with Gasteiger partial charge in [-0.15, -0.1) is 0 Å². The summed E-state index contributed by atoms with van der Waals surface area (Å²) in [6.07, 6.45) is 0. The van der Waals surface area contributed by atoms with Crippen molar-refractivity contribution in [3.63, 3.8) is 0 Å². The summed E-state index contributed by atoms with van der Waals surface area (Å²) in [7, 11) is 0. The Hall–Kier alpha value is -2.80. The summed E-state index contributed by atoms with van der Waals surface area (Å²) in [5.74, 6) is -1.41. The van der Waals surface area contributed by atoms with Crippen molar-refractivity contribution in [1.29, 1.82) is 0 Å². The number of nitrogens with zero attached hydrogens (tertiary/aromatic N) is 1. The standard InChI is InChI=1S/C20H23ClN2O5/c1-4-27-20(26)17-9-13(2)23(14(17)3)11-19(25)28-12-18(24)22-10-15-5-7-16(21)8-6-15/h5-9H,4,10-12H2,1-3H3,(H,22,24). The molecule has 0 aliphatic carbocycles. The Morgan fingerprint density at radius 1 is 1.11 bits per heavy atom. The monoisotopic (exact) mass is 406 g/mol. The molecule has 1 aromatic heterocycles. The highest BCUT2D eigenvalue weighted by Gasteiger charge is 2.19. The van der Waals surface area contributed by atoms with Gasteiger partial charge in [-0.05, 0) is 44.5 Å². The molecule has 150 valence electrons. The molecule has 0 spiro atoms. The molecule has 1 amide bonds. The lowest BCUT2D eigenvalue weighted by atomic mass is 10.2. The van der Waals surface area contributed by atoms with E-state index in [1.807, 2.05) is 0 Å². The molecular formula is C20H23ClN2O5. The fraction of sp³-hybridized carbons (Fsp3) is 0.350. The molecule has 1 aromatic carbocycles. The van der Waals surface area contributed by atoms with Crippen molar-refractivity contribution in [2.45, 2.75) is 33.9 Å². The van der Waals surface area contributed by atoms with Crippen molar-refractivity contribution in [3.8, 4) is 0 Å². The predicted octanol–water partition coefficient (Wildman–Crippen LogP) is 2.79. The van der Waals surface area contributed by atoms with Crippen LogP contribution in [0.5, 0.6) is 0 Å². The number of halogens is 1. The fourth-order valence-corrected chi connectivity index (χ4v) is 2.76. The van der Waals surface area contributed by atoms with Gasteiger partial charge in [-0.1, -0.05) is 23.7 Å². The van der Waals surface area contributed by atoms with E-state index in [-0.39, 0.29) is 19.8 Å². The summed E-state index contributed by atoms with van der Waals surface area (Å²) >= 11 is 5.81. The third-order valence-corrected chi connectivity index (χ3v) is 4.38. The van der Waals surface area contributed by atoms with Gasteiger partial charge in [0.2, 0.25) is 0 Å². The fourth-order valence-electron chi connectivity index (χ4n) is 2.63. The van der Waals surface area contributed by atoms with Gasteiger partial charge in [-0.3, -0.25) is 9.59 Å². The highest BCUT2D eigenvalue weighted by molar-refractivity contribution is 6.30. The zero-order valence-electron chi connectivity index (χ0n) is 16.1. The minimum Gasteiger partial charge on any atom is -0.462 e. The van der Waals surface area contributed by atoms with Crippen LogP contribution in [0, 0.1) is 13.8 Å². The Bertz CT molecular complexity index is 858. The van der Waals surface area contributed by atoms with Gasteiger partial charge in [0, 0.05) is 23.0 Å². The maximum atomic E-state index is 12.1. The second-order valence-electron chi connectivity index (χ2n) is 6.16. The Kier molecular flexibility index (Phi) is 7.63. The van der Waals surface area contributed by atoms with E-state index in [1.165, 1.54) is 0 Å². The van der Waals surface area contributed by atoms with Gasteiger partial charge in [0.05, 0.1) is 12.2 Å². The van der Waals surface area contributed by atoms with Gasteiger partial charge < -0.3 is 19.4 Å². The second-order valence-corrected chi connectivity index (χ2v) is 6.59. The molecule has 2 aromatic rings. The quantitative estimate of drug-likeness (QED) is 0.681. The van der Waals surface area contributed by atoms with Crippen LogP contribution in [-0.4, -0.2) is 35.6 Å². The maximum Gasteiger partial charge on any atom is 0.339 e. The number of amides is 1. The molecule has 0 radical (unpaired) electrons. The van der Waals surface area contributed by atoms with Gasteiger partial charge in [0.1, 0.15) is 6.54 Å². The van der Waals surface area contributed by atoms with Crippen molar-refractivity contribution in [3.05, 3.63) is 57.9 Å². The van der Waals surface area contributed by atoms with E-state index in [4.69, 9.17) is 21.1 Å². The minimum absolute atomic E-state index is 0.0957. The molecule has 8 heteroatoms. The number of aryl methyl sites for hydroxylation is 1. The highest BCUT2D eigenvalue weighted by Crippen LogP contribution is 2.16. The molecule has 1 heterocycles. The number of esters is 2. The molecule has 28 heavy (non-hydrogen) atoms. The summed E-state index contributed by atoms with van der Waals surface area (Å²) in [5.41, 5.74) is 2.63. The lowest BCUT2D eigenvalue weighted by Crippen LogP contribution is -2.29. The van der Waals surface area contributed by atoms with Crippen molar-refractivity contribution in [1.82, 2.24) is 9.88 Å². The number of hydrogen-bond acceptors (Lipinski definition) is 5. The molecule has 1 N–H and O–H groups in total. The molecule has 2 rings (SSSR count). The molecule has 0 unspecified atom stereocenters. The van der Waals surface area contributed by atoms with E-state index in [1.54, 1.807) is 55.7 Å². The maximum absolute atomic E-state index is 12.1. The molecule has 0 atom stereocenters. The van der Waals surface area contributed by atoms with Gasteiger partial charge in [-0.25, -0.2) is 4.79 Å². The van der Waals surface area contributed by atoms with Crippen molar-refractivity contribution >= 4 is 29.4 Å². The van der Waals surface area contributed by atoms with E-state index >= 15 is 0 Å². The molecule has 7 nitrogen and oxygen atoms in total. The zero-order valence-corrected chi connectivity index (χ0v) is 16.8. The number of benzene rings is 1. The Labute approximate surface area is 168 Å². The van der Waals surface area contributed by atoms with E-state index < -0.39 is 17.8 Å². The average molecular weight is 407 g/mol. The van der Waals surface area contributed by atoms with E-state index in [0.717, 1.165) is 11.3 Å². The molecule has 0 aliphatic rings. The Balaban J connectivity index is 1.84. The smallest absolute Gasteiger partial charge is 0.339 e. The molecule has 0 saturated carbocycles. The number of carbonyl (C=O) groups is 3. The van der Waals surface area contributed by atoms with Crippen molar-refractivity contribution in [2.24, 2.45) is 0 Å². The van der Waals surface area contributed by atoms with Crippen LogP contribution in [0.2, 0.25) is 5.02 Å². The van der Waals surface area contributed by atoms with Gasteiger partial charge in [0.25, 0.3) is 5.91 Å². The summed E-state index contributed by atoms with van der Waals surface area (Å²) in [6, 6.07) is 8.73. The average Bonchev–Trinajstić information content (AvgIpc) is 2.94. The summed E-state index contributed by atoms with van der Waals surface area (Å²) in [5, 5.41) is 3.28. The van der Waals surface area contributed by atoms with E-state index in [2.05, 4.69) is 5.32 Å². The van der Waals surface area contributed by atoms with Crippen LogP contribution in [0.15, 0.2) is 30.3 Å². The zero-order chi connectivity index (χ0) is 20.7. The first kappa shape index (κ1) is 21.5. The number of aromatic nitrogens is 1. The van der Waals surface area contributed by atoms with Crippen LogP contribution in [0.4, 0.5) is 0 Å². The lowest BCUT2D eigenvalue weighted by molar-refractivity contribution is -0.149. The number of nitrogens with one attached hydrogen (secondary N) is 1. The normalized spacial score (nSPS) is 10.4. The molecule has 0 bridgehead atoms. The van der Waals surface area contributed by atoms with Crippen LogP contribution < -0.4 is 5.32 Å². The van der Waals surface area contributed by atoms with Crippen molar-refractivity contribution in [2.75, 3.05) is 13.2 Å². The van der Waals surface area contributed by atoms with Gasteiger partial charge in [0.15, 0.2) is 6.61 Å². The molecule has 0 aliphatic heterocycles. The minimum atomic E-state index is -0.571. The first-order valence-corrected chi connectivity index (χ1v) is 9.20. The first-order chi connectivity index (χ1) is 13.3.